The molecule has 1 heterocycles. The number of benzene rings is 3. The zero-order valence-electron chi connectivity index (χ0n) is 17.3. The number of aromatic nitrogens is 3. The van der Waals surface area contributed by atoms with Crippen molar-refractivity contribution in [3.8, 4) is 22.9 Å². The maximum atomic E-state index is 14.5. The molecule has 0 aliphatic heterocycles. The van der Waals surface area contributed by atoms with Crippen LogP contribution >= 0.6 is 12.2 Å². The molecule has 0 saturated carbocycles. The number of hydrogen-bond donors (Lipinski definition) is 2. The lowest BCUT2D eigenvalue weighted by Crippen LogP contribution is -2.16. The van der Waals surface area contributed by atoms with E-state index in [1.54, 1.807) is 22.8 Å². The molecule has 0 aliphatic carbocycles. The maximum absolute atomic E-state index is 14.5. The number of ether oxygens (including phenoxy) is 1. The van der Waals surface area contributed by atoms with Crippen molar-refractivity contribution in [2.45, 2.75) is 19.9 Å². The number of carbonyl (C=O) groups is 1. The SMILES string of the molecule is Cc1ccc(-c2n[nH]c(=S)n2CCC(=O)Nc2c(F)cccc2Oc2ccccc2)cc1. The van der Waals surface area contributed by atoms with Crippen LogP contribution < -0.4 is 10.1 Å². The van der Waals surface area contributed by atoms with Crippen LogP contribution in [0.4, 0.5) is 10.1 Å². The Balaban J connectivity index is 1.48. The molecule has 4 aromatic rings. The Bertz CT molecular complexity index is 1280. The van der Waals surface area contributed by atoms with Crippen LogP contribution in [0, 0.1) is 17.5 Å². The van der Waals surface area contributed by atoms with Crippen molar-refractivity contribution in [2.24, 2.45) is 0 Å². The van der Waals surface area contributed by atoms with Crippen molar-refractivity contribution in [1.29, 1.82) is 0 Å². The number of anilines is 1. The van der Waals surface area contributed by atoms with Gasteiger partial charge in [0.05, 0.1) is 0 Å². The third-order valence-electron chi connectivity index (χ3n) is 4.84. The van der Waals surface area contributed by atoms with Gasteiger partial charge in [0.25, 0.3) is 0 Å². The van der Waals surface area contributed by atoms with Gasteiger partial charge in [0.2, 0.25) is 5.91 Å². The average Bonchev–Trinajstić information content (AvgIpc) is 3.16. The van der Waals surface area contributed by atoms with Gasteiger partial charge in [-0.3, -0.25) is 14.5 Å². The number of aryl methyl sites for hydroxylation is 1. The summed E-state index contributed by atoms with van der Waals surface area (Å²) in [7, 11) is 0. The van der Waals surface area contributed by atoms with Gasteiger partial charge in [0, 0.05) is 18.5 Å². The summed E-state index contributed by atoms with van der Waals surface area (Å²) in [6, 6.07) is 21.3. The molecule has 0 spiro atoms. The molecule has 1 aromatic heterocycles. The fraction of sp³-hybridized carbons (Fsp3) is 0.125. The molecular weight excluding hydrogens is 427 g/mol. The Labute approximate surface area is 189 Å². The van der Waals surface area contributed by atoms with Crippen molar-refractivity contribution >= 4 is 23.8 Å². The van der Waals surface area contributed by atoms with Crippen LogP contribution in [0.1, 0.15) is 12.0 Å². The summed E-state index contributed by atoms with van der Waals surface area (Å²) >= 11 is 5.33. The van der Waals surface area contributed by atoms with Gasteiger partial charge in [-0.05, 0) is 43.4 Å². The fourth-order valence-electron chi connectivity index (χ4n) is 3.19. The molecule has 0 saturated heterocycles. The Morgan fingerprint density at radius 2 is 1.84 bits per heavy atom. The van der Waals surface area contributed by atoms with E-state index in [0.29, 0.717) is 16.3 Å². The van der Waals surface area contributed by atoms with Crippen molar-refractivity contribution in [1.82, 2.24) is 14.8 Å². The third kappa shape index (κ3) is 4.92. The van der Waals surface area contributed by atoms with E-state index in [4.69, 9.17) is 17.0 Å². The first kappa shape index (κ1) is 21.5. The molecule has 0 atom stereocenters. The highest BCUT2D eigenvalue weighted by Crippen LogP contribution is 2.31. The minimum absolute atomic E-state index is 0.00379. The molecule has 0 bridgehead atoms. The second-order valence-corrected chi connectivity index (χ2v) is 7.58. The lowest BCUT2D eigenvalue weighted by Gasteiger charge is -2.13. The number of nitrogens with zero attached hydrogens (tertiary/aromatic N) is 2. The van der Waals surface area contributed by atoms with E-state index in [1.807, 2.05) is 49.4 Å². The first-order chi connectivity index (χ1) is 15.5. The van der Waals surface area contributed by atoms with Gasteiger partial charge in [0.15, 0.2) is 22.2 Å². The number of nitrogens with one attached hydrogen (secondary N) is 2. The Morgan fingerprint density at radius 3 is 2.59 bits per heavy atom. The lowest BCUT2D eigenvalue weighted by atomic mass is 10.1. The molecule has 1 amide bonds. The van der Waals surface area contributed by atoms with Gasteiger partial charge < -0.3 is 10.1 Å². The van der Waals surface area contributed by atoms with E-state index in [2.05, 4.69) is 15.5 Å². The molecule has 2 N–H and O–H groups in total. The number of aromatic amines is 1. The van der Waals surface area contributed by atoms with Crippen molar-refractivity contribution in [3.05, 3.63) is 88.9 Å². The highest BCUT2D eigenvalue weighted by molar-refractivity contribution is 7.71. The largest absolute Gasteiger partial charge is 0.455 e. The second-order valence-electron chi connectivity index (χ2n) is 7.20. The zero-order chi connectivity index (χ0) is 22.5. The summed E-state index contributed by atoms with van der Waals surface area (Å²) in [6.45, 7) is 2.29. The Morgan fingerprint density at radius 1 is 1.09 bits per heavy atom. The molecule has 162 valence electrons. The van der Waals surface area contributed by atoms with E-state index in [9.17, 15) is 9.18 Å². The number of rotatable bonds is 7. The second kappa shape index (κ2) is 9.57. The summed E-state index contributed by atoms with van der Waals surface area (Å²) in [5, 5.41) is 9.69. The smallest absolute Gasteiger partial charge is 0.226 e. The molecule has 0 fully saturated rings. The van der Waals surface area contributed by atoms with Crippen molar-refractivity contribution in [2.75, 3.05) is 5.32 Å². The van der Waals surface area contributed by atoms with Crippen LogP contribution in [-0.4, -0.2) is 20.7 Å². The number of halogens is 1. The predicted molar refractivity (Wildman–Crippen MR) is 124 cm³/mol. The zero-order valence-corrected chi connectivity index (χ0v) is 18.2. The minimum atomic E-state index is -0.577. The minimum Gasteiger partial charge on any atom is -0.455 e. The normalized spacial score (nSPS) is 10.7. The maximum Gasteiger partial charge on any atom is 0.226 e. The first-order valence-electron chi connectivity index (χ1n) is 10.0. The molecule has 0 aliphatic rings. The highest BCUT2D eigenvalue weighted by Gasteiger charge is 2.15. The van der Waals surface area contributed by atoms with E-state index in [1.165, 1.54) is 12.1 Å². The highest BCUT2D eigenvalue weighted by atomic mass is 32.1. The molecule has 6 nitrogen and oxygen atoms in total. The third-order valence-corrected chi connectivity index (χ3v) is 5.15. The molecule has 4 rings (SSSR count). The number of hydrogen-bond acceptors (Lipinski definition) is 4. The average molecular weight is 449 g/mol. The van der Waals surface area contributed by atoms with Gasteiger partial charge in [-0.15, -0.1) is 0 Å². The van der Waals surface area contributed by atoms with Crippen molar-refractivity contribution in [3.63, 3.8) is 0 Å². The first-order valence-corrected chi connectivity index (χ1v) is 10.5. The number of para-hydroxylation sites is 2. The summed E-state index contributed by atoms with van der Waals surface area (Å²) in [4.78, 5) is 12.7. The van der Waals surface area contributed by atoms with E-state index in [0.717, 1.165) is 11.1 Å². The summed E-state index contributed by atoms with van der Waals surface area (Å²) in [5.74, 6) is 0.464. The van der Waals surface area contributed by atoms with Gasteiger partial charge >= 0.3 is 0 Å². The molecule has 0 unspecified atom stereocenters. The van der Waals surface area contributed by atoms with Gasteiger partial charge in [-0.2, -0.15) is 5.10 Å². The Hall–Kier alpha value is -3.78. The molecular formula is C24H21FN4O2S. The number of carbonyl (C=O) groups excluding carboxylic acids is 1. The van der Waals surface area contributed by atoms with Gasteiger partial charge in [-0.25, -0.2) is 4.39 Å². The van der Waals surface area contributed by atoms with Gasteiger partial charge in [0.1, 0.15) is 11.4 Å². The Kier molecular flexibility index (Phi) is 6.42. The van der Waals surface area contributed by atoms with Crippen LogP contribution in [0.3, 0.4) is 0 Å². The van der Waals surface area contributed by atoms with E-state index in [-0.39, 0.29) is 30.3 Å². The quantitative estimate of drug-likeness (QED) is 0.347. The molecule has 32 heavy (non-hydrogen) atoms. The monoisotopic (exact) mass is 448 g/mol. The van der Waals surface area contributed by atoms with E-state index >= 15 is 0 Å². The van der Waals surface area contributed by atoms with Crippen LogP contribution in [-0.2, 0) is 11.3 Å². The van der Waals surface area contributed by atoms with Crippen LogP contribution in [0.2, 0.25) is 0 Å². The van der Waals surface area contributed by atoms with E-state index < -0.39 is 5.82 Å². The molecule has 3 aromatic carbocycles. The summed E-state index contributed by atoms with van der Waals surface area (Å²) < 4.78 is 22.4. The summed E-state index contributed by atoms with van der Waals surface area (Å²) in [5.41, 5.74) is 2.01. The van der Waals surface area contributed by atoms with Gasteiger partial charge in [-0.1, -0.05) is 54.1 Å². The number of H-pyrrole nitrogens is 1. The lowest BCUT2D eigenvalue weighted by molar-refractivity contribution is -0.116. The van der Waals surface area contributed by atoms with Crippen LogP contribution in [0.15, 0.2) is 72.8 Å². The molecule has 0 radical (unpaired) electrons. The number of amides is 1. The van der Waals surface area contributed by atoms with Crippen LogP contribution in [0.5, 0.6) is 11.5 Å². The topological polar surface area (TPSA) is 71.9 Å². The fourth-order valence-corrected chi connectivity index (χ4v) is 3.41. The molecule has 8 heteroatoms. The predicted octanol–water partition coefficient (Wildman–Crippen LogP) is 5.88. The van der Waals surface area contributed by atoms with Crippen molar-refractivity contribution < 1.29 is 13.9 Å². The summed E-state index contributed by atoms with van der Waals surface area (Å²) in [6.07, 6.45) is 0.0752. The van der Waals surface area contributed by atoms with Crippen LogP contribution in [0.25, 0.3) is 11.4 Å². The standard InChI is InChI=1S/C24H21FN4O2S/c1-16-10-12-17(13-11-16)23-27-28-24(32)29(23)15-14-21(30)26-22-19(25)8-5-9-20(22)31-18-6-3-2-4-7-18/h2-13H,14-15H2,1H3,(H,26,30)(H,28,32).